The molecule has 0 unspecified atom stereocenters. The van der Waals surface area contributed by atoms with Crippen LogP contribution in [-0.2, 0) is 17.6 Å². The first-order chi connectivity index (χ1) is 10.6. The second kappa shape index (κ2) is 8.30. The number of carboxylic acids is 1. The third kappa shape index (κ3) is 5.11. The molecule has 0 aliphatic carbocycles. The molecule has 4 nitrogen and oxygen atoms in total. The lowest BCUT2D eigenvalue weighted by Crippen LogP contribution is -2.45. The number of piperidine rings is 1. The van der Waals surface area contributed by atoms with Crippen molar-refractivity contribution >= 4 is 5.97 Å². The van der Waals surface area contributed by atoms with Crippen LogP contribution in [0.1, 0.15) is 30.9 Å². The number of nitrogens with zero attached hydrogens (tertiary/aromatic N) is 2. The van der Waals surface area contributed by atoms with E-state index in [2.05, 4.69) is 36.1 Å². The largest absolute Gasteiger partial charge is 0.480 e. The number of likely N-dealkylation sites (tertiary alicyclic amines) is 1. The molecular formula is C18H28N2O2. The lowest BCUT2D eigenvalue weighted by Gasteiger charge is -2.36. The highest BCUT2D eigenvalue weighted by Gasteiger charge is 2.23. The van der Waals surface area contributed by atoms with Gasteiger partial charge in [-0.15, -0.1) is 0 Å². The number of rotatable bonds is 7. The van der Waals surface area contributed by atoms with Crippen LogP contribution in [0.3, 0.4) is 0 Å². The second-order valence-electron chi connectivity index (χ2n) is 6.30. The third-order valence-electron chi connectivity index (χ3n) is 4.71. The predicted molar refractivity (Wildman–Crippen MR) is 89.3 cm³/mol. The molecule has 1 aromatic carbocycles. The van der Waals surface area contributed by atoms with Gasteiger partial charge in [0.25, 0.3) is 0 Å². The number of benzene rings is 1. The highest BCUT2D eigenvalue weighted by atomic mass is 16.4. The number of likely N-dealkylation sites (N-methyl/N-ethyl adjacent to an activating group) is 1. The van der Waals surface area contributed by atoms with Crippen LogP contribution in [-0.4, -0.2) is 60.1 Å². The summed E-state index contributed by atoms with van der Waals surface area (Å²) in [6.45, 7) is 5.57. The van der Waals surface area contributed by atoms with Gasteiger partial charge in [0.15, 0.2) is 0 Å². The van der Waals surface area contributed by atoms with E-state index in [4.69, 9.17) is 5.11 Å². The molecule has 1 aromatic rings. The van der Waals surface area contributed by atoms with Gasteiger partial charge in [0.05, 0.1) is 6.54 Å². The summed E-state index contributed by atoms with van der Waals surface area (Å²) in [5.41, 5.74) is 2.80. The standard InChI is InChI=1S/C18H28N2O2/c1-3-15-4-6-16(7-5-15)8-11-20-12-9-17(10-13-20)19(2)14-18(21)22/h4-7,17H,3,8-14H2,1-2H3,(H,21,22). The van der Waals surface area contributed by atoms with Gasteiger partial charge in [-0.1, -0.05) is 31.2 Å². The number of carboxylic acid groups (broad SMARTS) is 1. The maximum absolute atomic E-state index is 10.8. The Labute approximate surface area is 133 Å². The van der Waals surface area contributed by atoms with Crippen LogP contribution in [0.5, 0.6) is 0 Å². The average molecular weight is 304 g/mol. The van der Waals surface area contributed by atoms with E-state index in [1.165, 1.54) is 11.1 Å². The van der Waals surface area contributed by atoms with Crippen molar-refractivity contribution in [2.75, 3.05) is 33.2 Å². The Hall–Kier alpha value is -1.39. The minimum absolute atomic E-state index is 0.147. The summed E-state index contributed by atoms with van der Waals surface area (Å²) in [5.74, 6) is -0.736. The first kappa shape index (κ1) is 17.0. The van der Waals surface area contributed by atoms with Crippen LogP contribution in [0.15, 0.2) is 24.3 Å². The van der Waals surface area contributed by atoms with E-state index in [9.17, 15) is 4.79 Å². The summed E-state index contributed by atoms with van der Waals surface area (Å²) >= 11 is 0. The molecule has 2 rings (SSSR count). The van der Waals surface area contributed by atoms with Crippen molar-refractivity contribution in [3.05, 3.63) is 35.4 Å². The molecule has 1 aliphatic rings. The van der Waals surface area contributed by atoms with E-state index < -0.39 is 5.97 Å². The minimum Gasteiger partial charge on any atom is -0.480 e. The van der Waals surface area contributed by atoms with Crippen molar-refractivity contribution < 1.29 is 9.90 Å². The lowest BCUT2D eigenvalue weighted by molar-refractivity contribution is -0.138. The summed E-state index contributed by atoms with van der Waals surface area (Å²) in [7, 11) is 1.92. The molecular weight excluding hydrogens is 276 g/mol. The summed E-state index contributed by atoms with van der Waals surface area (Å²) < 4.78 is 0. The Morgan fingerprint density at radius 3 is 2.36 bits per heavy atom. The predicted octanol–water partition coefficient (Wildman–Crippen LogP) is 2.27. The van der Waals surface area contributed by atoms with Gasteiger partial charge in [-0.3, -0.25) is 9.69 Å². The van der Waals surface area contributed by atoms with E-state index in [-0.39, 0.29) is 6.54 Å². The fraction of sp³-hybridized carbons (Fsp3) is 0.611. The highest BCUT2D eigenvalue weighted by Crippen LogP contribution is 2.16. The van der Waals surface area contributed by atoms with Gasteiger partial charge in [0, 0.05) is 12.6 Å². The fourth-order valence-corrected chi connectivity index (χ4v) is 3.16. The van der Waals surface area contributed by atoms with Gasteiger partial charge in [-0.05, 0) is 56.9 Å². The van der Waals surface area contributed by atoms with Crippen molar-refractivity contribution in [2.24, 2.45) is 0 Å². The molecule has 0 spiro atoms. The Morgan fingerprint density at radius 1 is 1.23 bits per heavy atom. The van der Waals surface area contributed by atoms with Crippen molar-refractivity contribution in [1.82, 2.24) is 9.80 Å². The number of hydrogen-bond acceptors (Lipinski definition) is 3. The zero-order chi connectivity index (χ0) is 15.9. The van der Waals surface area contributed by atoms with E-state index >= 15 is 0 Å². The minimum atomic E-state index is -0.736. The molecule has 0 aromatic heterocycles. The van der Waals surface area contributed by atoms with Crippen LogP contribution < -0.4 is 0 Å². The lowest BCUT2D eigenvalue weighted by atomic mass is 10.0. The number of aryl methyl sites for hydroxylation is 1. The van der Waals surface area contributed by atoms with Crippen LogP contribution >= 0.6 is 0 Å². The number of aliphatic carboxylic acids is 1. The maximum Gasteiger partial charge on any atom is 0.317 e. The molecule has 0 atom stereocenters. The fourth-order valence-electron chi connectivity index (χ4n) is 3.16. The summed E-state index contributed by atoms with van der Waals surface area (Å²) in [6.07, 6.45) is 4.33. The zero-order valence-corrected chi connectivity index (χ0v) is 13.8. The molecule has 22 heavy (non-hydrogen) atoms. The molecule has 0 saturated carbocycles. The first-order valence-electron chi connectivity index (χ1n) is 8.30. The zero-order valence-electron chi connectivity index (χ0n) is 13.8. The van der Waals surface area contributed by atoms with Gasteiger partial charge < -0.3 is 10.0 Å². The second-order valence-corrected chi connectivity index (χ2v) is 6.30. The smallest absolute Gasteiger partial charge is 0.317 e. The van der Waals surface area contributed by atoms with E-state index in [0.717, 1.165) is 45.3 Å². The Bertz CT molecular complexity index is 464. The van der Waals surface area contributed by atoms with Crippen LogP contribution in [0.25, 0.3) is 0 Å². The molecule has 0 amide bonds. The Kier molecular flexibility index (Phi) is 6.40. The monoisotopic (exact) mass is 304 g/mol. The molecule has 4 heteroatoms. The van der Waals surface area contributed by atoms with Crippen LogP contribution in [0, 0.1) is 0 Å². The SMILES string of the molecule is CCc1ccc(CCN2CCC(N(C)CC(=O)O)CC2)cc1. The third-order valence-corrected chi connectivity index (χ3v) is 4.71. The van der Waals surface area contributed by atoms with Gasteiger partial charge in [-0.2, -0.15) is 0 Å². The first-order valence-corrected chi connectivity index (χ1v) is 8.30. The van der Waals surface area contributed by atoms with Gasteiger partial charge >= 0.3 is 5.97 Å². The van der Waals surface area contributed by atoms with Crippen molar-refractivity contribution in [3.63, 3.8) is 0 Å². The summed E-state index contributed by atoms with van der Waals surface area (Å²) in [4.78, 5) is 15.2. The molecule has 1 aliphatic heterocycles. The normalized spacial score (nSPS) is 17.0. The maximum atomic E-state index is 10.8. The summed E-state index contributed by atoms with van der Waals surface area (Å²) in [6, 6.07) is 9.35. The molecule has 0 radical (unpaired) electrons. The van der Waals surface area contributed by atoms with Crippen LogP contribution in [0.4, 0.5) is 0 Å². The Morgan fingerprint density at radius 2 is 1.82 bits per heavy atom. The van der Waals surface area contributed by atoms with Gasteiger partial charge in [0.2, 0.25) is 0 Å². The molecule has 1 saturated heterocycles. The van der Waals surface area contributed by atoms with E-state index in [0.29, 0.717) is 6.04 Å². The average Bonchev–Trinajstić information content (AvgIpc) is 2.53. The van der Waals surface area contributed by atoms with E-state index in [1.807, 2.05) is 11.9 Å². The van der Waals surface area contributed by atoms with E-state index in [1.54, 1.807) is 0 Å². The summed E-state index contributed by atoms with van der Waals surface area (Å²) in [5, 5.41) is 8.86. The highest BCUT2D eigenvalue weighted by molar-refractivity contribution is 5.69. The molecule has 122 valence electrons. The van der Waals surface area contributed by atoms with Gasteiger partial charge in [0.1, 0.15) is 0 Å². The molecule has 1 N–H and O–H groups in total. The number of carbonyl (C=O) groups is 1. The van der Waals surface area contributed by atoms with Crippen molar-refractivity contribution in [2.45, 2.75) is 38.6 Å². The molecule has 1 fully saturated rings. The van der Waals surface area contributed by atoms with Crippen molar-refractivity contribution in [1.29, 1.82) is 0 Å². The molecule has 1 heterocycles. The topological polar surface area (TPSA) is 43.8 Å². The van der Waals surface area contributed by atoms with Crippen molar-refractivity contribution in [3.8, 4) is 0 Å². The Balaban J connectivity index is 1.71. The van der Waals surface area contributed by atoms with Crippen LogP contribution in [0.2, 0.25) is 0 Å². The van der Waals surface area contributed by atoms with Gasteiger partial charge in [-0.25, -0.2) is 0 Å². The quantitative estimate of drug-likeness (QED) is 0.839. The number of hydrogen-bond donors (Lipinski definition) is 1. The molecule has 0 bridgehead atoms.